The summed E-state index contributed by atoms with van der Waals surface area (Å²) in [6.07, 6.45) is 3.16. The Balaban J connectivity index is 1.56. The van der Waals surface area contributed by atoms with Gasteiger partial charge in [-0.3, -0.25) is 9.78 Å². The van der Waals surface area contributed by atoms with E-state index in [0.717, 1.165) is 30.7 Å². The predicted octanol–water partition coefficient (Wildman–Crippen LogP) is 6.64. The molecule has 6 heteroatoms. The molecule has 1 aliphatic carbocycles. The van der Waals surface area contributed by atoms with Crippen molar-refractivity contribution in [2.24, 2.45) is 29.6 Å². The lowest BCUT2D eigenvalue weighted by Crippen LogP contribution is -2.40. The molecule has 170 valence electrons. The van der Waals surface area contributed by atoms with E-state index in [9.17, 15) is 18.0 Å². The van der Waals surface area contributed by atoms with Crippen LogP contribution in [0.5, 0.6) is 0 Å². The van der Waals surface area contributed by atoms with Gasteiger partial charge in [-0.25, -0.2) is 0 Å². The van der Waals surface area contributed by atoms with E-state index in [1.54, 1.807) is 18.3 Å². The van der Waals surface area contributed by atoms with Gasteiger partial charge in [0.15, 0.2) is 0 Å². The van der Waals surface area contributed by atoms with Crippen molar-refractivity contribution < 1.29 is 22.7 Å². The van der Waals surface area contributed by atoms with Crippen LogP contribution in [0.15, 0.2) is 48.7 Å². The van der Waals surface area contributed by atoms with E-state index in [-0.39, 0.29) is 29.8 Å². The van der Waals surface area contributed by atoms with Gasteiger partial charge < -0.3 is 4.74 Å². The topological polar surface area (TPSA) is 39.2 Å². The number of ether oxygens (including phenoxy) is 1. The highest BCUT2D eigenvalue weighted by Crippen LogP contribution is 2.50. The maximum absolute atomic E-state index is 13.0. The normalized spacial score (nSPS) is 30.4. The largest absolute Gasteiger partial charge is 0.462 e. The van der Waals surface area contributed by atoms with Crippen LogP contribution in [0, 0.1) is 29.6 Å². The van der Waals surface area contributed by atoms with E-state index in [0.29, 0.717) is 23.0 Å². The first-order valence-electron chi connectivity index (χ1n) is 11.2. The summed E-state index contributed by atoms with van der Waals surface area (Å²) in [5, 5.41) is 0. The van der Waals surface area contributed by atoms with E-state index in [1.165, 1.54) is 6.07 Å². The smallest absolute Gasteiger partial charge is 0.416 e. The molecule has 32 heavy (non-hydrogen) atoms. The average Bonchev–Trinajstić information content (AvgIpc) is 3.04. The lowest BCUT2D eigenvalue weighted by molar-refractivity contribution is -0.144. The summed E-state index contributed by atoms with van der Waals surface area (Å²) in [4.78, 5) is 16.8. The Kier molecular flexibility index (Phi) is 6.15. The van der Waals surface area contributed by atoms with Gasteiger partial charge in [-0.1, -0.05) is 44.5 Å². The molecule has 0 radical (unpaired) electrons. The Morgan fingerprint density at radius 2 is 1.94 bits per heavy atom. The molecule has 2 aromatic rings. The summed E-state index contributed by atoms with van der Waals surface area (Å²) in [5.74, 6) is 1.17. The van der Waals surface area contributed by atoms with Crippen molar-refractivity contribution in [3.63, 3.8) is 0 Å². The number of hydrogen-bond acceptors (Lipinski definition) is 3. The molecule has 2 heterocycles. The molecule has 6 atom stereocenters. The maximum atomic E-state index is 13.0. The maximum Gasteiger partial charge on any atom is 0.416 e. The third-order valence-corrected chi connectivity index (χ3v) is 7.18. The number of nitrogens with zero attached hydrogens (tertiary/aromatic N) is 1. The van der Waals surface area contributed by atoms with E-state index in [4.69, 9.17) is 4.74 Å². The third kappa shape index (κ3) is 4.32. The van der Waals surface area contributed by atoms with Crippen LogP contribution in [0.25, 0.3) is 17.2 Å². The molecule has 3 nitrogen and oxygen atoms in total. The Labute approximate surface area is 186 Å². The van der Waals surface area contributed by atoms with Gasteiger partial charge in [0.25, 0.3) is 0 Å². The summed E-state index contributed by atoms with van der Waals surface area (Å²) in [5.41, 5.74) is 1.18. The van der Waals surface area contributed by atoms with Gasteiger partial charge in [-0.05, 0) is 60.9 Å². The van der Waals surface area contributed by atoms with E-state index >= 15 is 0 Å². The highest BCUT2D eigenvalue weighted by molar-refractivity contribution is 5.75. The highest BCUT2D eigenvalue weighted by atomic mass is 19.4. The molecule has 6 unspecified atom stereocenters. The van der Waals surface area contributed by atoms with Crippen molar-refractivity contribution in [2.75, 3.05) is 0 Å². The minimum Gasteiger partial charge on any atom is -0.462 e. The Morgan fingerprint density at radius 1 is 1.16 bits per heavy atom. The first-order chi connectivity index (χ1) is 15.2. The second kappa shape index (κ2) is 8.72. The summed E-state index contributed by atoms with van der Waals surface area (Å²) in [6.45, 7) is 6.38. The molecule has 1 saturated carbocycles. The Morgan fingerprint density at radius 3 is 2.59 bits per heavy atom. The molecule has 2 fully saturated rings. The monoisotopic (exact) mass is 443 g/mol. The molecule has 4 rings (SSSR count). The van der Waals surface area contributed by atoms with Crippen LogP contribution in [0.4, 0.5) is 13.2 Å². The number of allylic oxidation sites excluding steroid dienone is 1. The van der Waals surface area contributed by atoms with Gasteiger partial charge in [0, 0.05) is 17.7 Å². The summed E-state index contributed by atoms with van der Waals surface area (Å²) in [7, 11) is 0. The number of benzene rings is 1. The van der Waals surface area contributed by atoms with Gasteiger partial charge in [-0.2, -0.15) is 13.2 Å². The molecule has 1 aromatic heterocycles. The van der Waals surface area contributed by atoms with Crippen molar-refractivity contribution in [2.45, 2.75) is 45.9 Å². The molecule has 1 saturated heterocycles. The molecule has 1 aliphatic heterocycles. The van der Waals surface area contributed by atoms with Crippen LogP contribution < -0.4 is 0 Å². The fourth-order valence-electron chi connectivity index (χ4n) is 5.61. The zero-order valence-electron chi connectivity index (χ0n) is 18.5. The quantitative estimate of drug-likeness (QED) is 0.497. The van der Waals surface area contributed by atoms with Crippen molar-refractivity contribution >= 4 is 12.0 Å². The number of aromatic nitrogens is 1. The zero-order chi connectivity index (χ0) is 23.0. The van der Waals surface area contributed by atoms with Crippen molar-refractivity contribution in [1.29, 1.82) is 0 Å². The average molecular weight is 444 g/mol. The number of pyridine rings is 1. The summed E-state index contributed by atoms with van der Waals surface area (Å²) < 4.78 is 44.6. The number of cyclic esters (lactones) is 1. The van der Waals surface area contributed by atoms with E-state index < -0.39 is 11.7 Å². The standard InChI is InChI=1S/C26H28F3NO2/c1-4-21-15(2)12-23-24(16(3)32-25(23)31)22(21)11-10-20-9-8-18(14-30-20)17-6-5-7-19(13-17)26(27,28)29/h5-11,13-16,21-24H,4,12H2,1-3H3/b11-10+. The molecule has 2 aliphatic rings. The third-order valence-electron chi connectivity index (χ3n) is 7.18. The second-order valence-electron chi connectivity index (χ2n) is 9.10. The minimum absolute atomic E-state index is 0.0475. The van der Waals surface area contributed by atoms with Gasteiger partial charge in [0.2, 0.25) is 0 Å². The molecular formula is C26H28F3NO2. The fourth-order valence-corrected chi connectivity index (χ4v) is 5.61. The van der Waals surface area contributed by atoms with Gasteiger partial charge in [-0.15, -0.1) is 0 Å². The number of rotatable bonds is 4. The van der Waals surface area contributed by atoms with Crippen LogP contribution in [-0.2, 0) is 15.7 Å². The van der Waals surface area contributed by atoms with Crippen LogP contribution in [0.1, 0.15) is 44.9 Å². The van der Waals surface area contributed by atoms with E-state index in [1.807, 2.05) is 19.1 Å². The summed E-state index contributed by atoms with van der Waals surface area (Å²) in [6, 6.07) is 8.86. The van der Waals surface area contributed by atoms with Crippen LogP contribution in [0.2, 0.25) is 0 Å². The van der Waals surface area contributed by atoms with Gasteiger partial charge >= 0.3 is 12.1 Å². The highest BCUT2D eigenvalue weighted by Gasteiger charge is 2.52. The lowest BCUT2D eigenvalue weighted by atomic mass is 9.61. The number of halogens is 3. The molecule has 0 bridgehead atoms. The number of alkyl halides is 3. The predicted molar refractivity (Wildman–Crippen MR) is 117 cm³/mol. The van der Waals surface area contributed by atoms with Crippen LogP contribution in [0.3, 0.4) is 0 Å². The number of carbonyl (C=O) groups excluding carboxylic acids is 1. The van der Waals surface area contributed by atoms with Crippen molar-refractivity contribution in [1.82, 2.24) is 4.98 Å². The SMILES string of the molecule is CCC1C(C)CC2C(=O)OC(C)C2C1/C=C/c1ccc(-c2cccc(C(F)(F)F)c2)cn1. The molecule has 0 amide bonds. The van der Waals surface area contributed by atoms with Crippen LogP contribution >= 0.6 is 0 Å². The lowest BCUT2D eigenvalue weighted by Gasteiger charge is -2.41. The van der Waals surface area contributed by atoms with Crippen molar-refractivity contribution in [3.05, 3.63) is 59.9 Å². The number of esters is 1. The second-order valence-corrected chi connectivity index (χ2v) is 9.10. The zero-order valence-corrected chi connectivity index (χ0v) is 18.5. The van der Waals surface area contributed by atoms with Gasteiger partial charge in [0.1, 0.15) is 6.10 Å². The molecular weight excluding hydrogens is 415 g/mol. The number of hydrogen-bond donors (Lipinski definition) is 0. The van der Waals surface area contributed by atoms with E-state index in [2.05, 4.69) is 24.9 Å². The molecule has 0 spiro atoms. The van der Waals surface area contributed by atoms with Crippen molar-refractivity contribution in [3.8, 4) is 11.1 Å². The Hall–Kier alpha value is -2.63. The molecule has 0 N–H and O–H groups in total. The minimum atomic E-state index is -4.38. The van der Waals surface area contributed by atoms with Crippen LogP contribution in [-0.4, -0.2) is 17.1 Å². The Bertz CT molecular complexity index is 999. The van der Waals surface area contributed by atoms with Gasteiger partial charge in [0.05, 0.1) is 17.2 Å². The molecule has 1 aromatic carbocycles. The summed E-state index contributed by atoms with van der Waals surface area (Å²) >= 11 is 0. The number of fused-ring (bicyclic) bond motifs is 1. The first-order valence-corrected chi connectivity index (χ1v) is 11.2. The fraction of sp³-hybridized carbons (Fsp3) is 0.462. The first kappa shape index (κ1) is 22.6. The number of carbonyl (C=O) groups is 1.